The zero-order valence-corrected chi connectivity index (χ0v) is 19.2. The highest BCUT2D eigenvalue weighted by atomic mass is 16.7. The summed E-state index contributed by atoms with van der Waals surface area (Å²) < 4.78 is 16.0. The van der Waals surface area contributed by atoms with Crippen molar-refractivity contribution in [1.82, 2.24) is 16.2 Å². The maximum absolute atomic E-state index is 12.8. The van der Waals surface area contributed by atoms with Gasteiger partial charge in [0.1, 0.15) is 36.4 Å². The molecule has 8 N–H and O–H groups in total. The molecule has 8 atom stereocenters. The maximum Gasteiger partial charge on any atom is 0.332 e. The minimum atomic E-state index is -1.70. The maximum atomic E-state index is 12.8. The smallest absolute Gasteiger partial charge is 0.332 e. The topological polar surface area (TPSA) is 250 Å². The van der Waals surface area contributed by atoms with E-state index in [1.165, 1.54) is 6.92 Å². The number of nitrogens with one attached hydrogen (secondary N) is 3. The van der Waals surface area contributed by atoms with Crippen LogP contribution in [0.25, 0.3) is 0 Å². The highest BCUT2D eigenvalue weighted by molar-refractivity contribution is 5.78. The predicted molar refractivity (Wildman–Crippen MR) is 111 cm³/mol. The number of esters is 1. The predicted octanol–water partition coefficient (Wildman–Crippen LogP) is -3.23. The number of rotatable bonds is 14. The zero-order chi connectivity index (χ0) is 26.9. The van der Waals surface area contributed by atoms with E-state index in [0.717, 1.165) is 13.8 Å². The number of hydrazine groups is 1. The summed E-state index contributed by atoms with van der Waals surface area (Å²) in [6, 6.07) is -3.99. The number of aliphatic hydroxyl groups excluding tert-OH is 2. The first-order valence-corrected chi connectivity index (χ1v) is 10.5. The van der Waals surface area contributed by atoms with Crippen molar-refractivity contribution in [3.8, 4) is 0 Å². The molecule has 0 saturated carbocycles. The summed E-state index contributed by atoms with van der Waals surface area (Å²) in [5, 5.41) is 49.5. The first kappa shape index (κ1) is 30.1. The van der Waals surface area contributed by atoms with E-state index in [1.807, 2.05) is 0 Å². The number of hydrogen-bond acceptors (Lipinski definition) is 12. The number of carboxylic acids is 3. The van der Waals surface area contributed by atoms with E-state index < -0.39 is 91.6 Å². The Kier molecular flexibility index (Phi) is 11.9. The van der Waals surface area contributed by atoms with Crippen LogP contribution in [0.4, 0.5) is 0 Å². The molecule has 0 aromatic carbocycles. The van der Waals surface area contributed by atoms with Crippen molar-refractivity contribution in [1.29, 1.82) is 0 Å². The van der Waals surface area contributed by atoms with E-state index in [0.29, 0.717) is 0 Å². The van der Waals surface area contributed by atoms with Gasteiger partial charge in [0.15, 0.2) is 6.10 Å². The Morgan fingerprint density at radius 1 is 1.03 bits per heavy atom. The van der Waals surface area contributed by atoms with Gasteiger partial charge in [0.2, 0.25) is 12.2 Å². The Hall–Kier alpha value is -2.89. The van der Waals surface area contributed by atoms with Gasteiger partial charge in [-0.2, -0.15) is 0 Å². The van der Waals surface area contributed by atoms with E-state index in [9.17, 15) is 34.2 Å². The van der Waals surface area contributed by atoms with Gasteiger partial charge in [0.05, 0.1) is 6.61 Å². The largest absolute Gasteiger partial charge is 0.481 e. The summed E-state index contributed by atoms with van der Waals surface area (Å²) in [6.45, 7) is 2.72. The fourth-order valence-electron chi connectivity index (χ4n) is 3.01. The minimum Gasteiger partial charge on any atom is -0.481 e. The van der Waals surface area contributed by atoms with Crippen LogP contribution in [0.3, 0.4) is 0 Å². The van der Waals surface area contributed by atoms with Crippen LogP contribution in [0, 0.1) is 0 Å². The van der Waals surface area contributed by atoms with Crippen LogP contribution < -0.4 is 16.2 Å². The van der Waals surface area contributed by atoms with Crippen molar-refractivity contribution in [3.05, 3.63) is 0 Å². The number of aliphatic hydroxyl groups is 2. The molecule has 0 aliphatic carbocycles. The molecule has 16 heteroatoms. The second-order valence-electron chi connectivity index (χ2n) is 7.79. The Balaban J connectivity index is 3.17. The molecule has 1 unspecified atom stereocenters. The number of aliphatic carboxylic acids is 3. The summed E-state index contributed by atoms with van der Waals surface area (Å²) in [6.07, 6.45) is -8.55. The standard InChI is InChI=1S/C19H31N3O13/c1-7(16(28)29)21-22-10(4-5-12(25)26)18(32)35-19-13(20-9(3)24)15(33-8(2)17(30)31)14(27)11(6-23)34-19/h7-8,10-11,13-15,19,21-23,27H,4-6H2,1-3H3,(H,20,24)(H,25,26)(H,28,29)(H,30,31)/t7-,8+,10+,11+,13+,14+,15+,19?/m0/s1. The summed E-state index contributed by atoms with van der Waals surface area (Å²) in [4.78, 5) is 57.8. The van der Waals surface area contributed by atoms with E-state index >= 15 is 0 Å². The third-order valence-electron chi connectivity index (χ3n) is 4.94. The van der Waals surface area contributed by atoms with Crippen LogP contribution in [-0.4, -0.2) is 111 Å². The average Bonchev–Trinajstić information content (AvgIpc) is 2.76. The lowest BCUT2D eigenvalue weighted by Gasteiger charge is -2.44. The quantitative estimate of drug-likeness (QED) is 0.0846. The van der Waals surface area contributed by atoms with Crippen molar-refractivity contribution in [2.24, 2.45) is 0 Å². The second-order valence-corrected chi connectivity index (χ2v) is 7.79. The molecule has 1 aliphatic heterocycles. The summed E-state index contributed by atoms with van der Waals surface area (Å²) in [5.74, 6) is -5.72. The Morgan fingerprint density at radius 2 is 1.66 bits per heavy atom. The molecule has 1 amide bonds. The zero-order valence-electron chi connectivity index (χ0n) is 19.2. The average molecular weight is 509 g/mol. The third-order valence-corrected chi connectivity index (χ3v) is 4.94. The Bertz CT molecular complexity index is 779. The Morgan fingerprint density at radius 3 is 2.14 bits per heavy atom. The highest BCUT2D eigenvalue weighted by Gasteiger charge is 2.49. The van der Waals surface area contributed by atoms with Crippen LogP contribution in [0.1, 0.15) is 33.6 Å². The molecule has 1 rings (SSSR count). The molecule has 200 valence electrons. The lowest BCUT2D eigenvalue weighted by Crippen LogP contribution is -2.66. The Labute approximate surface area is 199 Å². The number of carbonyl (C=O) groups is 5. The van der Waals surface area contributed by atoms with Gasteiger partial charge in [0, 0.05) is 13.3 Å². The molecule has 1 fully saturated rings. The van der Waals surface area contributed by atoms with Gasteiger partial charge in [0.25, 0.3) is 0 Å². The highest BCUT2D eigenvalue weighted by Crippen LogP contribution is 2.26. The molecule has 16 nitrogen and oxygen atoms in total. The fourth-order valence-corrected chi connectivity index (χ4v) is 3.01. The second kappa shape index (κ2) is 13.9. The van der Waals surface area contributed by atoms with Crippen LogP contribution in [-0.2, 0) is 38.2 Å². The number of ether oxygens (including phenoxy) is 3. The van der Waals surface area contributed by atoms with E-state index in [1.54, 1.807) is 0 Å². The monoisotopic (exact) mass is 509 g/mol. The minimum absolute atomic E-state index is 0.340. The van der Waals surface area contributed by atoms with Crippen molar-refractivity contribution in [2.45, 2.75) is 82.4 Å². The van der Waals surface area contributed by atoms with Crippen molar-refractivity contribution in [3.63, 3.8) is 0 Å². The number of carboxylic acid groups (broad SMARTS) is 3. The SMILES string of the molecule is CC(=O)N[C@H]1C(OC(=O)[C@@H](CCC(=O)O)NN[C@@H](C)C(=O)O)O[C@H](CO)[C@@H](O)[C@@H]1O[C@H](C)C(=O)O. The fraction of sp³-hybridized carbons (Fsp3) is 0.737. The van der Waals surface area contributed by atoms with Gasteiger partial charge in [-0.3, -0.25) is 19.2 Å². The first-order valence-electron chi connectivity index (χ1n) is 10.5. The third kappa shape index (κ3) is 9.35. The molecule has 1 heterocycles. The van der Waals surface area contributed by atoms with Gasteiger partial charge in [-0.1, -0.05) is 0 Å². The van der Waals surface area contributed by atoms with E-state index in [-0.39, 0.29) is 6.42 Å². The molecule has 0 radical (unpaired) electrons. The molecule has 0 spiro atoms. The van der Waals surface area contributed by atoms with Crippen molar-refractivity contribution < 1.29 is 63.7 Å². The lowest BCUT2D eigenvalue weighted by atomic mass is 9.96. The van der Waals surface area contributed by atoms with Gasteiger partial charge >= 0.3 is 23.9 Å². The molecule has 0 aromatic heterocycles. The number of carbonyl (C=O) groups excluding carboxylic acids is 2. The van der Waals surface area contributed by atoms with E-state index in [4.69, 9.17) is 29.5 Å². The molecule has 1 aliphatic rings. The van der Waals surface area contributed by atoms with Gasteiger partial charge in [-0.15, -0.1) is 0 Å². The van der Waals surface area contributed by atoms with Crippen LogP contribution in [0.2, 0.25) is 0 Å². The molecular formula is C19H31N3O13. The number of hydrogen-bond donors (Lipinski definition) is 8. The van der Waals surface area contributed by atoms with Crippen LogP contribution >= 0.6 is 0 Å². The van der Waals surface area contributed by atoms with Gasteiger partial charge in [-0.25, -0.2) is 15.6 Å². The molecule has 0 aromatic rings. The van der Waals surface area contributed by atoms with E-state index in [2.05, 4.69) is 16.2 Å². The van der Waals surface area contributed by atoms with Crippen LogP contribution in [0.15, 0.2) is 0 Å². The normalized spacial score (nSPS) is 26.7. The summed E-state index contributed by atoms with van der Waals surface area (Å²) >= 11 is 0. The summed E-state index contributed by atoms with van der Waals surface area (Å²) in [5.41, 5.74) is 4.69. The molecule has 1 saturated heterocycles. The molecular weight excluding hydrogens is 478 g/mol. The van der Waals surface area contributed by atoms with Crippen LogP contribution in [0.5, 0.6) is 0 Å². The van der Waals surface area contributed by atoms with Gasteiger partial charge < -0.3 is 45.1 Å². The molecule has 0 bridgehead atoms. The lowest BCUT2D eigenvalue weighted by molar-refractivity contribution is -0.275. The first-order chi connectivity index (χ1) is 16.3. The van der Waals surface area contributed by atoms with Crippen molar-refractivity contribution in [2.75, 3.05) is 6.61 Å². The van der Waals surface area contributed by atoms with Gasteiger partial charge in [-0.05, 0) is 20.3 Å². The molecule has 35 heavy (non-hydrogen) atoms. The van der Waals surface area contributed by atoms with Crippen molar-refractivity contribution >= 4 is 29.8 Å². The number of amides is 1. The summed E-state index contributed by atoms with van der Waals surface area (Å²) in [7, 11) is 0.